The molecule has 1 N–H and O–H groups in total. The summed E-state index contributed by atoms with van der Waals surface area (Å²) >= 11 is 0. The van der Waals surface area contributed by atoms with Gasteiger partial charge < -0.3 is 10.1 Å². The first kappa shape index (κ1) is 18.6. The van der Waals surface area contributed by atoms with E-state index in [1.165, 1.54) is 24.5 Å². The van der Waals surface area contributed by atoms with E-state index in [4.69, 9.17) is 4.74 Å². The third-order valence-corrected chi connectivity index (χ3v) is 4.41. The van der Waals surface area contributed by atoms with Gasteiger partial charge in [-0.2, -0.15) is 0 Å². The van der Waals surface area contributed by atoms with Crippen LogP contribution in [0.15, 0.2) is 79.1 Å². The van der Waals surface area contributed by atoms with Crippen LogP contribution in [0, 0.1) is 5.82 Å². The van der Waals surface area contributed by atoms with Crippen LogP contribution >= 0.6 is 0 Å². The first-order valence-corrected chi connectivity index (χ1v) is 9.13. The summed E-state index contributed by atoms with van der Waals surface area (Å²) in [5, 5.41) is 2.81. The largest absolute Gasteiger partial charge is 0.489 e. The Labute approximate surface area is 167 Å². The Morgan fingerprint density at radius 2 is 1.66 bits per heavy atom. The average Bonchev–Trinajstić information content (AvgIpc) is 2.77. The fourth-order valence-electron chi connectivity index (χ4n) is 2.93. The number of aromatic nitrogens is 2. The monoisotopic (exact) mass is 387 g/mol. The van der Waals surface area contributed by atoms with E-state index in [-0.39, 0.29) is 5.56 Å². The third kappa shape index (κ3) is 4.55. The van der Waals surface area contributed by atoms with Crippen LogP contribution in [0.2, 0.25) is 0 Å². The highest BCUT2D eigenvalue weighted by atomic mass is 19.1. The quantitative estimate of drug-likeness (QED) is 0.536. The van der Waals surface area contributed by atoms with E-state index in [1.54, 1.807) is 0 Å². The Hall–Kier alpha value is -3.80. The SMILES string of the molecule is O=C(NCc1ccc(COc2ccccc2)cc1)c1cc(F)cc2nccnc12. The van der Waals surface area contributed by atoms with E-state index in [0.717, 1.165) is 16.9 Å². The van der Waals surface area contributed by atoms with Gasteiger partial charge in [0.1, 0.15) is 23.7 Å². The standard InChI is InChI=1S/C23H18FN3O2/c24-18-12-20(22-21(13-18)25-10-11-26-22)23(28)27-14-16-6-8-17(9-7-16)15-29-19-4-2-1-3-5-19/h1-13H,14-15H2,(H,27,28). The molecule has 0 aliphatic rings. The zero-order valence-corrected chi connectivity index (χ0v) is 15.5. The molecule has 0 atom stereocenters. The molecular formula is C23H18FN3O2. The fourth-order valence-corrected chi connectivity index (χ4v) is 2.93. The molecule has 6 heteroatoms. The molecule has 4 aromatic rings. The van der Waals surface area contributed by atoms with Gasteiger partial charge in [-0.05, 0) is 29.3 Å². The van der Waals surface area contributed by atoms with E-state index in [1.807, 2.05) is 54.6 Å². The normalized spacial score (nSPS) is 10.7. The maximum Gasteiger partial charge on any atom is 0.253 e. The lowest BCUT2D eigenvalue weighted by molar-refractivity contribution is 0.0952. The number of carbonyl (C=O) groups is 1. The summed E-state index contributed by atoms with van der Waals surface area (Å²) in [6, 6.07) is 19.8. The van der Waals surface area contributed by atoms with Crippen LogP contribution in [-0.4, -0.2) is 15.9 Å². The van der Waals surface area contributed by atoms with Gasteiger partial charge in [0.2, 0.25) is 0 Å². The highest BCUT2D eigenvalue weighted by Gasteiger charge is 2.13. The average molecular weight is 387 g/mol. The van der Waals surface area contributed by atoms with Gasteiger partial charge in [0.15, 0.2) is 0 Å². The van der Waals surface area contributed by atoms with Crippen LogP contribution in [0.5, 0.6) is 5.75 Å². The molecule has 0 aliphatic carbocycles. The van der Waals surface area contributed by atoms with Crippen LogP contribution in [0.4, 0.5) is 4.39 Å². The number of hydrogen-bond donors (Lipinski definition) is 1. The number of nitrogens with one attached hydrogen (secondary N) is 1. The van der Waals surface area contributed by atoms with E-state index < -0.39 is 11.7 Å². The molecule has 144 valence electrons. The Bertz CT molecular complexity index is 1130. The first-order valence-electron chi connectivity index (χ1n) is 9.13. The number of amides is 1. The third-order valence-electron chi connectivity index (χ3n) is 4.41. The van der Waals surface area contributed by atoms with E-state index >= 15 is 0 Å². The van der Waals surface area contributed by atoms with E-state index in [9.17, 15) is 9.18 Å². The molecule has 4 rings (SSSR count). The molecule has 1 heterocycles. The Balaban J connectivity index is 1.38. The topological polar surface area (TPSA) is 64.1 Å². The van der Waals surface area contributed by atoms with Crippen LogP contribution in [-0.2, 0) is 13.2 Å². The van der Waals surface area contributed by atoms with Crippen LogP contribution < -0.4 is 10.1 Å². The number of nitrogens with zero attached hydrogens (tertiary/aromatic N) is 2. The molecule has 0 bridgehead atoms. The minimum atomic E-state index is -0.522. The van der Waals surface area contributed by atoms with Crippen molar-refractivity contribution in [3.05, 3.63) is 102 Å². The van der Waals surface area contributed by atoms with Crippen molar-refractivity contribution in [3.8, 4) is 5.75 Å². The van der Waals surface area contributed by atoms with Gasteiger partial charge in [-0.25, -0.2) is 4.39 Å². The second-order valence-electron chi connectivity index (χ2n) is 6.48. The van der Waals surface area contributed by atoms with Gasteiger partial charge >= 0.3 is 0 Å². The summed E-state index contributed by atoms with van der Waals surface area (Å²) in [5.74, 6) is -0.105. The van der Waals surface area contributed by atoms with Crippen LogP contribution in [0.3, 0.4) is 0 Å². The molecule has 0 fully saturated rings. The Morgan fingerprint density at radius 1 is 0.931 bits per heavy atom. The number of benzene rings is 3. The number of halogens is 1. The summed E-state index contributed by atoms with van der Waals surface area (Å²) in [4.78, 5) is 20.8. The lowest BCUT2D eigenvalue weighted by Gasteiger charge is -2.09. The number of hydrogen-bond acceptors (Lipinski definition) is 4. The molecule has 0 radical (unpaired) electrons. The fraction of sp³-hybridized carbons (Fsp3) is 0.0870. The van der Waals surface area contributed by atoms with Gasteiger partial charge in [0.25, 0.3) is 5.91 Å². The minimum absolute atomic E-state index is 0.168. The number of fused-ring (bicyclic) bond motifs is 1. The van der Waals surface area contributed by atoms with Crippen LogP contribution in [0.25, 0.3) is 11.0 Å². The van der Waals surface area contributed by atoms with Gasteiger partial charge in [0.05, 0.1) is 11.1 Å². The number of para-hydroxylation sites is 1. The summed E-state index contributed by atoms with van der Waals surface area (Å²) < 4.78 is 19.5. The molecule has 1 aromatic heterocycles. The summed E-state index contributed by atoms with van der Waals surface area (Å²) in [7, 11) is 0. The van der Waals surface area contributed by atoms with Crippen molar-refractivity contribution >= 4 is 16.9 Å². The second-order valence-corrected chi connectivity index (χ2v) is 6.48. The Kier molecular flexibility index (Phi) is 5.42. The van der Waals surface area contributed by atoms with Gasteiger partial charge in [-0.3, -0.25) is 14.8 Å². The van der Waals surface area contributed by atoms with Crippen LogP contribution in [0.1, 0.15) is 21.5 Å². The van der Waals surface area contributed by atoms with Crippen molar-refractivity contribution in [1.82, 2.24) is 15.3 Å². The minimum Gasteiger partial charge on any atom is -0.489 e. The lowest BCUT2D eigenvalue weighted by Crippen LogP contribution is -2.23. The predicted octanol–water partition coefficient (Wildman–Crippen LogP) is 4.28. The maximum atomic E-state index is 13.8. The second kappa shape index (κ2) is 8.48. The molecule has 1 amide bonds. The molecule has 0 aliphatic heterocycles. The number of carbonyl (C=O) groups excluding carboxylic acids is 1. The molecule has 0 saturated carbocycles. The molecule has 0 spiro atoms. The highest BCUT2D eigenvalue weighted by Crippen LogP contribution is 2.17. The van der Waals surface area contributed by atoms with Gasteiger partial charge in [-0.15, -0.1) is 0 Å². The molecular weight excluding hydrogens is 369 g/mol. The molecule has 0 saturated heterocycles. The zero-order valence-electron chi connectivity index (χ0n) is 15.5. The van der Waals surface area contributed by atoms with Gasteiger partial charge in [0, 0.05) is 25.0 Å². The lowest BCUT2D eigenvalue weighted by atomic mass is 10.1. The molecule has 3 aromatic carbocycles. The van der Waals surface area contributed by atoms with Crippen molar-refractivity contribution in [3.63, 3.8) is 0 Å². The van der Waals surface area contributed by atoms with Gasteiger partial charge in [-0.1, -0.05) is 42.5 Å². The number of ether oxygens (including phenoxy) is 1. The predicted molar refractivity (Wildman–Crippen MR) is 108 cm³/mol. The van der Waals surface area contributed by atoms with Crippen molar-refractivity contribution in [2.24, 2.45) is 0 Å². The van der Waals surface area contributed by atoms with Crippen molar-refractivity contribution in [1.29, 1.82) is 0 Å². The molecule has 5 nitrogen and oxygen atoms in total. The molecule has 29 heavy (non-hydrogen) atoms. The summed E-state index contributed by atoms with van der Waals surface area (Å²) in [6.07, 6.45) is 2.94. The van der Waals surface area contributed by atoms with Crippen molar-refractivity contribution in [2.45, 2.75) is 13.2 Å². The summed E-state index contributed by atoms with van der Waals surface area (Å²) in [6.45, 7) is 0.779. The molecule has 0 unspecified atom stereocenters. The number of rotatable bonds is 6. The summed E-state index contributed by atoms with van der Waals surface area (Å²) in [5.41, 5.74) is 2.84. The maximum absolute atomic E-state index is 13.8. The van der Waals surface area contributed by atoms with E-state index in [0.29, 0.717) is 24.2 Å². The smallest absolute Gasteiger partial charge is 0.253 e. The Morgan fingerprint density at radius 3 is 2.45 bits per heavy atom. The first-order chi connectivity index (χ1) is 14.2. The van der Waals surface area contributed by atoms with Crippen molar-refractivity contribution in [2.75, 3.05) is 0 Å². The highest BCUT2D eigenvalue weighted by molar-refractivity contribution is 6.04. The van der Waals surface area contributed by atoms with Crippen molar-refractivity contribution < 1.29 is 13.9 Å². The van der Waals surface area contributed by atoms with E-state index in [2.05, 4.69) is 15.3 Å². The zero-order chi connectivity index (χ0) is 20.1.